The Kier molecular flexibility index (Phi) is 5.41. The van der Waals surface area contributed by atoms with Crippen LogP contribution in [-0.4, -0.2) is 22.8 Å². The van der Waals surface area contributed by atoms with Crippen LogP contribution in [0, 0.1) is 0 Å². The number of aliphatic carboxylic acids is 1. The van der Waals surface area contributed by atoms with Crippen LogP contribution in [0.3, 0.4) is 0 Å². The molecule has 68 valence electrons. The molecule has 2 N–H and O–H groups in total. The Balaban J connectivity index is 4.37. The highest BCUT2D eigenvalue weighted by atomic mass is 35.5. The Hall–Kier alpha value is -0.800. The van der Waals surface area contributed by atoms with Crippen LogP contribution in [0.2, 0.25) is 0 Å². The topological polar surface area (TPSA) is 57.5 Å². The summed E-state index contributed by atoms with van der Waals surface area (Å²) < 4.78 is 0. The minimum absolute atomic E-state index is 0.0397. The zero-order valence-electron chi connectivity index (χ0n) is 6.75. The van der Waals surface area contributed by atoms with Gasteiger partial charge in [-0.15, -0.1) is 0 Å². The highest BCUT2D eigenvalue weighted by Gasteiger charge is 2.00. The molecule has 0 heterocycles. The van der Waals surface area contributed by atoms with Crippen LogP contribution in [0.15, 0.2) is 22.8 Å². The number of allylic oxidation sites excluding steroid dienone is 1. The van der Waals surface area contributed by atoms with E-state index in [0.717, 1.165) is 0 Å². The van der Waals surface area contributed by atoms with E-state index in [1.807, 2.05) is 0 Å². The molecule has 3 nitrogen and oxygen atoms in total. The van der Waals surface area contributed by atoms with Gasteiger partial charge in [0.1, 0.15) is 0 Å². The number of hydrogen-bond acceptors (Lipinski definition) is 2. The van der Waals surface area contributed by atoms with Crippen LogP contribution in [-0.2, 0) is 4.79 Å². The number of aliphatic hydroxyl groups is 1. The lowest BCUT2D eigenvalue weighted by Crippen LogP contribution is -1.97. The molecule has 0 fully saturated rings. The number of carbonyl (C=O) groups is 1. The third-order valence-electron chi connectivity index (χ3n) is 1.28. The summed E-state index contributed by atoms with van der Waals surface area (Å²) in [6, 6.07) is 0. The summed E-state index contributed by atoms with van der Waals surface area (Å²) in [6.07, 6.45) is 1.81. The molecular formula is C8H11ClO3. The van der Waals surface area contributed by atoms with Gasteiger partial charge >= 0.3 is 5.97 Å². The van der Waals surface area contributed by atoms with Crippen molar-refractivity contribution in [2.75, 3.05) is 6.61 Å². The number of carboxylic acids is 1. The first-order valence-electron chi connectivity index (χ1n) is 3.43. The van der Waals surface area contributed by atoms with Crippen LogP contribution in [0.5, 0.6) is 0 Å². The van der Waals surface area contributed by atoms with Crippen LogP contribution in [0.4, 0.5) is 0 Å². The highest BCUT2D eigenvalue weighted by molar-refractivity contribution is 6.25. The Labute approximate surface area is 76.0 Å². The summed E-state index contributed by atoms with van der Waals surface area (Å²) in [5, 5.41) is 17.0. The van der Waals surface area contributed by atoms with Gasteiger partial charge in [0.25, 0.3) is 0 Å². The molecule has 0 aromatic rings. The minimum Gasteiger partial charge on any atom is -0.478 e. The standard InChI is InChI=1S/C8H11ClO3/c1-6(8(11)12)4-7(5-9)2-3-10/h4-5,10H,2-3H2,1H3,(H,11,12). The summed E-state index contributed by atoms with van der Waals surface area (Å²) in [6.45, 7) is 1.43. The lowest BCUT2D eigenvalue weighted by Gasteiger charge is -1.97. The molecular weight excluding hydrogens is 180 g/mol. The molecule has 0 radical (unpaired) electrons. The summed E-state index contributed by atoms with van der Waals surface area (Å²) in [5.74, 6) is -0.982. The average Bonchev–Trinajstić information content (AvgIpc) is 2.03. The first-order valence-corrected chi connectivity index (χ1v) is 3.87. The largest absolute Gasteiger partial charge is 0.478 e. The Morgan fingerprint density at radius 1 is 1.58 bits per heavy atom. The van der Waals surface area contributed by atoms with Crippen molar-refractivity contribution in [1.82, 2.24) is 0 Å². The summed E-state index contributed by atoms with van der Waals surface area (Å²) in [4.78, 5) is 10.4. The molecule has 0 amide bonds. The van der Waals surface area contributed by atoms with E-state index in [9.17, 15) is 4.79 Å². The van der Waals surface area contributed by atoms with Crippen molar-refractivity contribution >= 4 is 17.6 Å². The molecule has 0 aliphatic rings. The van der Waals surface area contributed by atoms with E-state index >= 15 is 0 Å². The number of rotatable bonds is 4. The molecule has 0 aromatic carbocycles. The van der Waals surface area contributed by atoms with E-state index in [-0.39, 0.29) is 12.2 Å². The van der Waals surface area contributed by atoms with Crippen molar-refractivity contribution in [1.29, 1.82) is 0 Å². The van der Waals surface area contributed by atoms with E-state index < -0.39 is 5.97 Å². The number of carboxylic acid groups (broad SMARTS) is 1. The maximum absolute atomic E-state index is 10.4. The van der Waals surface area contributed by atoms with Crippen molar-refractivity contribution in [2.24, 2.45) is 0 Å². The molecule has 0 spiro atoms. The quantitative estimate of drug-likeness (QED) is 0.522. The van der Waals surface area contributed by atoms with Crippen LogP contribution < -0.4 is 0 Å². The van der Waals surface area contributed by atoms with E-state index in [0.29, 0.717) is 12.0 Å². The van der Waals surface area contributed by atoms with Crippen LogP contribution in [0.25, 0.3) is 0 Å². The Bertz CT molecular complexity index is 218. The number of aliphatic hydroxyl groups excluding tert-OH is 1. The molecule has 0 saturated carbocycles. The molecule has 0 saturated heterocycles. The van der Waals surface area contributed by atoms with Gasteiger partial charge in [-0.05, 0) is 25.0 Å². The van der Waals surface area contributed by atoms with Gasteiger partial charge in [0.05, 0.1) is 0 Å². The fourth-order valence-corrected chi connectivity index (χ4v) is 0.799. The Morgan fingerprint density at radius 2 is 2.17 bits per heavy atom. The fraction of sp³-hybridized carbons (Fsp3) is 0.375. The van der Waals surface area contributed by atoms with Gasteiger partial charge in [-0.3, -0.25) is 0 Å². The molecule has 0 unspecified atom stereocenters. The normalized spacial score (nSPS) is 13.2. The second-order valence-corrected chi connectivity index (χ2v) is 2.51. The van der Waals surface area contributed by atoms with Gasteiger partial charge in [-0.1, -0.05) is 11.6 Å². The van der Waals surface area contributed by atoms with E-state index in [1.165, 1.54) is 18.5 Å². The second kappa shape index (κ2) is 5.80. The summed E-state index contributed by atoms with van der Waals surface area (Å²) in [7, 11) is 0. The second-order valence-electron chi connectivity index (χ2n) is 2.29. The highest BCUT2D eigenvalue weighted by Crippen LogP contribution is 2.08. The smallest absolute Gasteiger partial charge is 0.331 e. The monoisotopic (exact) mass is 190 g/mol. The van der Waals surface area contributed by atoms with Crippen molar-refractivity contribution < 1.29 is 15.0 Å². The fourth-order valence-electron chi connectivity index (χ4n) is 0.627. The molecule has 12 heavy (non-hydrogen) atoms. The zero-order valence-corrected chi connectivity index (χ0v) is 7.51. The van der Waals surface area contributed by atoms with E-state index in [1.54, 1.807) is 0 Å². The average molecular weight is 191 g/mol. The maximum atomic E-state index is 10.4. The third-order valence-corrected chi connectivity index (χ3v) is 1.56. The first kappa shape index (κ1) is 11.2. The SMILES string of the molecule is CC(=CC(=CCl)CCO)C(=O)O. The predicted molar refractivity (Wildman–Crippen MR) is 47.0 cm³/mol. The van der Waals surface area contributed by atoms with Gasteiger partial charge in [-0.2, -0.15) is 0 Å². The molecule has 0 rings (SSSR count). The Morgan fingerprint density at radius 3 is 2.50 bits per heavy atom. The first-order chi connectivity index (χ1) is 5.61. The molecule has 0 aliphatic carbocycles. The van der Waals surface area contributed by atoms with Crippen molar-refractivity contribution in [3.05, 3.63) is 22.8 Å². The lowest BCUT2D eigenvalue weighted by molar-refractivity contribution is -0.132. The molecule has 0 aliphatic heterocycles. The van der Waals surface area contributed by atoms with Gasteiger partial charge in [0.2, 0.25) is 0 Å². The third kappa shape index (κ3) is 4.16. The van der Waals surface area contributed by atoms with Gasteiger partial charge in [0, 0.05) is 17.7 Å². The van der Waals surface area contributed by atoms with E-state index in [4.69, 9.17) is 21.8 Å². The molecule has 0 bridgehead atoms. The zero-order chi connectivity index (χ0) is 9.56. The summed E-state index contributed by atoms with van der Waals surface area (Å²) in [5.41, 5.74) is 2.08. The van der Waals surface area contributed by atoms with Crippen molar-refractivity contribution in [3.63, 3.8) is 0 Å². The number of halogens is 1. The molecule has 4 heteroatoms. The molecule has 0 atom stereocenters. The lowest BCUT2D eigenvalue weighted by atomic mass is 10.1. The van der Waals surface area contributed by atoms with Gasteiger partial charge < -0.3 is 10.2 Å². The van der Waals surface area contributed by atoms with Gasteiger partial charge in [0.15, 0.2) is 0 Å². The van der Waals surface area contributed by atoms with Crippen LogP contribution >= 0.6 is 11.6 Å². The maximum Gasteiger partial charge on any atom is 0.331 e. The minimum atomic E-state index is -0.982. The van der Waals surface area contributed by atoms with Crippen molar-refractivity contribution in [3.8, 4) is 0 Å². The molecule has 0 aromatic heterocycles. The van der Waals surface area contributed by atoms with Crippen LogP contribution in [0.1, 0.15) is 13.3 Å². The predicted octanol–water partition coefficient (Wildman–Crippen LogP) is 1.52. The summed E-state index contributed by atoms with van der Waals surface area (Å²) >= 11 is 5.38. The number of hydrogen-bond donors (Lipinski definition) is 2. The van der Waals surface area contributed by atoms with E-state index in [2.05, 4.69) is 0 Å². The van der Waals surface area contributed by atoms with Gasteiger partial charge in [-0.25, -0.2) is 4.79 Å². The van der Waals surface area contributed by atoms with Crippen molar-refractivity contribution in [2.45, 2.75) is 13.3 Å².